The highest BCUT2D eigenvalue weighted by Gasteiger charge is 2.37. The third-order valence-corrected chi connectivity index (χ3v) is 7.68. The Hall–Kier alpha value is -2.80. The van der Waals surface area contributed by atoms with Crippen molar-refractivity contribution in [1.29, 1.82) is 0 Å². The van der Waals surface area contributed by atoms with Gasteiger partial charge in [-0.15, -0.1) is 0 Å². The van der Waals surface area contributed by atoms with Gasteiger partial charge in [0.1, 0.15) is 18.0 Å². The smallest absolute Gasteiger partial charge is 0.243 e. The molecular weight excluding hydrogens is 448 g/mol. The maximum atomic E-state index is 14.5. The Morgan fingerprint density at radius 2 is 1.66 bits per heavy atom. The normalized spacial score (nSPS) is 19.2. The lowest BCUT2D eigenvalue weighted by Crippen LogP contribution is -2.42. The van der Waals surface area contributed by atoms with Gasteiger partial charge in [-0.05, 0) is 37.2 Å². The van der Waals surface area contributed by atoms with Gasteiger partial charge >= 0.3 is 0 Å². The molecule has 1 N–H and O–H groups in total. The lowest BCUT2D eigenvalue weighted by molar-refractivity contribution is -0.127. The minimum Gasteiger partial charge on any atom is -0.369 e. The highest BCUT2D eigenvalue weighted by molar-refractivity contribution is 5.85. The summed E-state index contributed by atoms with van der Waals surface area (Å²) in [6.07, 6.45) is 8.67. The molecule has 2 aliphatic rings. The molecule has 1 aromatic heterocycles. The molecular formula is C28H33F2N3O2. The van der Waals surface area contributed by atoms with Crippen molar-refractivity contribution >= 4 is 16.9 Å². The monoisotopic (exact) mass is 481 g/mol. The van der Waals surface area contributed by atoms with Gasteiger partial charge in [-0.25, -0.2) is 13.8 Å². The molecule has 2 atom stereocenters. The zero-order valence-corrected chi connectivity index (χ0v) is 20.2. The zero-order chi connectivity index (χ0) is 24.4. The fourth-order valence-electron chi connectivity index (χ4n) is 5.95. The van der Waals surface area contributed by atoms with Crippen LogP contribution < -0.4 is 5.32 Å². The van der Waals surface area contributed by atoms with Crippen molar-refractivity contribution in [1.82, 2.24) is 14.9 Å². The molecule has 1 amide bonds. The fourth-order valence-corrected chi connectivity index (χ4v) is 5.95. The van der Waals surface area contributed by atoms with E-state index in [9.17, 15) is 13.6 Å². The molecule has 5 nitrogen and oxygen atoms in total. The molecule has 2 aliphatic carbocycles. The number of carbonyl (C=O) groups is 1. The predicted molar refractivity (Wildman–Crippen MR) is 131 cm³/mol. The summed E-state index contributed by atoms with van der Waals surface area (Å²) >= 11 is 0. The molecule has 1 heterocycles. The molecule has 0 radical (unpaired) electrons. The second-order valence-electron chi connectivity index (χ2n) is 9.95. The number of hydrogen-bond donors (Lipinski definition) is 1. The summed E-state index contributed by atoms with van der Waals surface area (Å²) in [4.78, 5) is 18.7. The maximum absolute atomic E-state index is 14.5. The van der Waals surface area contributed by atoms with Crippen LogP contribution in [0.4, 0.5) is 8.78 Å². The predicted octanol–water partition coefficient (Wildman–Crippen LogP) is 6.23. The first kappa shape index (κ1) is 23.9. The quantitative estimate of drug-likeness (QED) is 0.435. The number of imidazole rings is 1. The Balaban J connectivity index is 1.68. The highest BCUT2D eigenvalue weighted by atomic mass is 19.2. The van der Waals surface area contributed by atoms with Crippen molar-refractivity contribution < 1.29 is 18.3 Å². The SMILES string of the molecule is CO[C@@H](c1ccccc1)c1nc2cc(F)c(F)cc2n1[C@H](C(=O)NC1CCCC1)C1CCCCC1. The number of nitrogens with zero attached hydrogens (tertiary/aromatic N) is 2. The van der Waals surface area contributed by atoms with E-state index in [4.69, 9.17) is 9.72 Å². The molecule has 7 heteroatoms. The van der Waals surface area contributed by atoms with Gasteiger partial charge in [-0.2, -0.15) is 0 Å². The van der Waals surface area contributed by atoms with Crippen LogP contribution >= 0.6 is 0 Å². The average Bonchev–Trinajstić information content (AvgIpc) is 3.50. The van der Waals surface area contributed by atoms with Crippen molar-refractivity contribution in [2.75, 3.05) is 7.11 Å². The molecule has 2 saturated carbocycles. The highest BCUT2D eigenvalue weighted by Crippen LogP contribution is 2.39. The van der Waals surface area contributed by atoms with E-state index in [2.05, 4.69) is 5.32 Å². The number of benzene rings is 2. The average molecular weight is 482 g/mol. The van der Waals surface area contributed by atoms with Crippen LogP contribution in [0.5, 0.6) is 0 Å². The van der Waals surface area contributed by atoms with Gasteiger partial charge in [-0.1, -0.05) is 62.4 Å². The van der Waals surface area contributed by atoms with Gasteiger partial charge in [0, 0.05) is 25.3 Å². The van der Waals surface area contributed by atoms with Crippen LogP contribution in [0.1, 0.15) is 81.3 Å². The molecule has 0 saturated heterocycles. The van der Waals surface area contributed by atoms with Gasteiger partial charge < -0.3 is 14.6 Å². The van der Waals surface area contributed by atoms with E-state index in [1.54, 1.807) is 7.11 Å². The Labute approximate surface area is 204 Å². The van der Waals surface area contributed by atoms with Crippen molar-refractivity contribution in [2.45, 2.75) is 76.0 Å². The Bertz CT molecular complexity index is 1170. The van der Waals surface area contributed by atoms with Crippen LogP contribution in [0.2, 0.25) is 0 Å². The molecule has 0 spiro atoms. The lowest BCUT2D eigenvalue weighted by atomic mass is 9.83. The first-order valence-electron chi connectivity index (χ1n) is 12.8. The van der Waals surface area contributed by atoms with Crippen molar-refractivity contribution in [2.24, 2.45) is 5.92 Å². The van der Waals surface area contributed by atoms with Crippen molar-refractivity contribution in [3.8, 4) is 0 Å². The van der Waals surface area contributed by atoms with Gasteiger partial charge in [0.05, 0.1) is 11.0 Å². The van der Waals surface area contributed by atoms with E-state index >= 15 is 0 Å². The van der Waals surface area contributed by atoms with E-state index in [-0.39, 0.29) is 17.9 Å². The molecule has 5 rings (SSSR count). The van der Waals surface area contributed by atoms with E-state index < -0.39 is 23.8 Å². The molecule has 35 heavy (non-hydrogen) atoms. The van der Waals surface area contributed by atoms with Crippen molar-refractivity contribution in [3.05, 3.63) is 65.5 Å². The number of ether oxygens (including phenoxy) is 1. The van der Waals surface area contributed by atoms with E-state index in [0.717, 1.165) is 69.4 Å². The van der Waals surface area contributed by atoms with Crippen LogP contribution in [0.25, 0.3) is 11.0 Å². The third kappa shape index (κ3) is 4.83. The number of carbonyl (C=O) groups excluding carboxylic acids is 1. The largest absolute Gasteiger partial charge is 0.369 e. The minimum absolute atomic E-state index is 0.0583. The summed E-state index contributed by atoms with van der Waals surface area (Å²) in [7, 11) is 1.59. The second-order valence-corrected chi connectivity index (χ2v) is 9.95. The van der Waals surface area contributed by atoms with E-state index in [1.807, 2.05) is 34.9 Å². The molecule has 0 unspecified atom stereocenters. The van der Waals surface area contributed by atoms with E-state index in [0.29, 0.717) is 16.9 Å². The zero-order valence-electron chi connectivity index (χ0n) is 20.2. The summed E-state index contributed by atoms with van der Waals surface area (Å²) in [5, 5.41) is 3.28. The molecule has 0 aliphatic heterocycles. The Morgan fingerprint density at radius 1 is 1.00 bits per heavy atom. The summed E-state index contributed by atoms with van der Waals surface area (Å²) in [5.41, 5.74) is 1.62. The molecule has 2 aromatic carbocycles. The first-order valence-corrected chi connectivity index (χ1v) is 12.8. The summed E-state index contributed by atoms with van der Waals surface area (Å²) in [5.74, 6) is -1.37. The molecule has 0 bridgehead atoms. The second kappa shape index (κ2) is 10.4. The number of amides is 1. The first-order chi connectivity index (χ1) is 17.1. The van der Waals surface area contributed by atoms with Crippen LogP contribution in [-0.4, -0.2) is 28.6 Å². The number of nitrogens with one attached hydrogen (secondary N) is 1. The van der Waals surface area contributed by atoms with E-state index in [1.165, 1.54) is 6.07 Å². The molecule has 3 aromatic rings. The van der Waals surface area contributed by atoms with Crippen LogP contribution in [0.3, 0.4) is 0 Å². The number of fused-ring (bicyclic) bond motifs is 1. The van der Waals surface area contributed by atoms with Crippen LogP contribution in [0.15, 0.2) is 42.5 Å². The van der Waals surface area contributed by atoms with Gasteiger partial charge in [0.25, 0.3) is 0 Å². The summed E-state index contributed by atoms with van der Waals surface area (Å²) in [6, 6.07) is 11.5. The minimum atomic E-state index is -0.952. The number of halogens is 2. The van der Waals surface area contributed by atoms with Crippen LogP contribution in [0, 0.1) is 17.6 Å². The summed E-state index contributed by atoms with van der Waals surface area (Å²) < 4.78 is 36.5. The van der Waals surface area contributed by atoms with Crippen LogP contribution in [-0.2, 0) is 9.53 Å². The molecule has 2 fully saturated rings. The molecule has 186 valence electrons. The summed E-state index contributed by atoms with van der Waals surface area (Å²) in [6.45, 7) is 0. The Morgan fingerprint density at radius 3 is 2.34 bits per heavy atom. The number of methoxy groups -OCH3 is 1. The standard InChI is InChI=1S/C28H33F2N3O2/c1-35-26(19-12-6-3-7-13-19)27-32-23-16-21(29)22(30)17-24(23)33(27)25(18-10-4-2-5-11-18)28(34)31-20-14-8-9-15-20/h3,6-7,12-13,16-18,20,25-26H,2,4-5,8-11,14-15H2,1H3,(H,31,34)/t25-,26-/m0/s1. The number of aromatic nitrogens is 2. The number of rotatable bonds is 7. The van der Waals surface area contributed by atoms with Crippen molar-refractivity contribution in [3.63, 3.8) is 0 Å². The van der Waals surface area contributed by atoms with Gasteiger partial charge in [0.2, 0.25) is 5.91 Å². The van der Waals surface area contributed by atoms with Gasteiger partial charge in [0.15, 0.2) is 11.6 Å². The topological polar surface area (TPSA) is 56.2 Å². The fraction of sp³-hybridized carbons (Fsp3) is 0.500. The number of hydrogen-bond acceptors (Lipinski definition) is 3. The lowest BCUT2D eigenvalue weighted by Gasteiger charge is -2.33. The van der Waals surface area contributed by atoms with Gasteiger partial charge in [-0.3, -0.25) is 4.79 Å². The third-order valence-electron chi connectivity index (χ3n) is 7.68. The Kier molecular flexibility index (Phi) is 7.14. The maximum Gasteiger partial charge on any atom is 0.243 e.